The number of carboxylic acid groups (broad SMARTS) is 1. The highest BCUT2D eigenvalue weighted by molar-refractivity contribution is 5.98. The standard InChI is InChI=1S/C14H13N3O3/c18-13(10-5-11(10)14(19)20)17-9-3-1-8(2-4-9)12-6-15-7-16-12/h1-4,6-7,10-11H,5H2,(H,15,16)(H,17,18)(H,19,20)/t10-,11+/m1/s1. The van der Waals surface area contributed by atoms with Gasteiger partial charge in [0, 0.05) is 5.69 Å². The highest BCUT2D eigenvalue weighted by atomic mass is 16.4. The topological polar surface area (TPSA) is 95.1 Å². The summed E-state index contributed by atoms with van der Waals surface area (Å²) >= 11 is 0. The van der Waals surface area contributed by atoms with Crippen molar-refractivity contribution in [2.75, 3.05) is 5.32 Å². The molecule has 2 atom stereocenters. The first kappa shape index (κ1) is 12.4. The lowest BCUT2D eigenvalue weighted by Crippen LogP contribution is -2.16. The molecule has 0 bridgehead atoms. The lowest BCUT2D eigenvalue weighted by molar-refractivity contribution is -0.139. The third kappa shape index (κ3) is 2.40. The van der Waals surface area contributed by atoms with Crippen molar-refractivity contribution in [3.8, 4) is 11.3 Å². The van der Waals surface area contributed by atoms with Crippen LogP contribution in [0, 0.1) is 11.8 Å². The number of carbonyl (C=O) groups excluding carboxylic acids is 1. The zero-order valence-corrected chi connectivity index (χ0v) is 10.5. The number of benzene rings is 1. The minimum atomic E-state index is -0.903. The van der Waals surface area contributed by atoms with Gasteiger partial charge in [-0.15, -0.1) is 0 Å². The molecule has 1 fully saturated rings. The zero-order chi connectivity index (χ0) is 14.1. The van der Waals surface area contributed by atoms with E-state index in [0.717, 1.165) is 11.3 Å². The molecule has 1 aliphatic carbocycles. The van der Waals surface area contributed by atoms with E-state index in [-0.39, 0.29) is 5.91 Å². The van der Waals surface area contributed by atoms with Crippen LogP contribution in [0.15, 0.2) is 36.8 Å². The lowest BCUT2D eigenvalue weighted by atomic mass is 10.1. The van der Waals surface area contributed by atoms with Crippen molar-refractivity contribution in [3.63, 3.8) is 0 Å². The van der Waals surface area contributed by atoms with Crippen LogP contribution in [-0.2, 0) is 9.59 Å². The molecule has 20 heavy (non-hydrogen) atoms. The number of rotatable bonds is 4. The maximum Gasteiger partial charge on any atom is 0.307 e. The Bertz CT molecular complexity index is 634. The third-order valence-corrected chi connectivity index (χ3v) is 3.41. The lowest BCUT2D eigenvalue weighted by Gasteiger charge is -2.05. The Kier molecular flexibility index (Phi) is 2.98. The van der Waals surface area contributed by atoms with Crippen LogP contribution in [0.4, 0.5) is 5.69 Å². The maximum absolute atomic E-state index is 11.8. The van der Waals surface area contributed by atoms with Gasteiger partial charge in [-0.05, 0) is 24.1 Å². The summed E-state index contributed by atoms with van der Waals surface area (Å²) in [5, 5.41) is 11.5. The number of nitrogens with zero attached hydrogens (tertiary/aromatic N) is 1. The van der Waals surface area contributed by atoms with E-state index >= 15 is 0 Å². The van der Waals surface area contributed by atoms with Crippen molar-refractivity contribution >= 4 is 17.6 Å². The second-order valence-electron chi connectivity index (χ2n) is 4.82. The quantitative estimate of drug-likeness (QED) is 0.789. The summed E-state index contributed by atoms with van der Waals surface area (Å²) in [5.41, 5.74) is 2.53. The van der Waals surface area contributed by atoms with Gasteiger partial charge in [-0.2, -0.15) is 0 Å². The number of imidazole rings is 1. The Balaban J connectivity index is 1.64. The second-order valence-corrected chi connectivity index (χ2v) is 4.82. The van der Waals surface area contributed by atoms with E-state index in [1.165, 1.54) is 0 Å². The number of nitrogens with one attached hydrogen (secondary N) is 2. The van der Waals surface area contributed by atoms with Crippen LogP contribution in [0.25, 0.3) is 11.3 Å². The minimum Gasteiger partial charge on any atom is -0.481 e. The van der Waals surface area contributed by atoms with Crippen LogP contribution in [0.5, 0.6) is 0 Å². The fourth-order valence-electron chi connectivity index (χ4n) is 2.14. The molecule has 102 valence electrons. The van der Waals surface area contributed by atoms with E-state index in [2.05, 4.69) is 15.3 Å². The highest BCUT2D eigenvalue weighted by Crippen LogP contribution is 2.39. The van der Waals surface area contributed by atoms with Gasteiger partial charge in [0.1, 0.15) is 0 Å². The largest absolute Gasteiger partial charge is 0.481 e. The summed E-state index contributed by atoms with van der Waals surface area (Å²) in [6.45, 7) is 0. The number of anilines is 1. The average molecular weight is 271 g/mol. The van der Waals surface area contributed by atoms with Crippen LogP contribution in [0.1, 0.15) is 6.42 Å². The number of amides is 1. The Labute approximate surface area is 114 Å². The first-order valence-corrected chi connectivity index (χ1v) is 6.27. The van der Waals surface area contributed by atoms with Crippen molar-refractivity contribution in [1.82, 2.24) is 9.97 Å². The Morgan fingerprint density at radius 3 is 2.55 bits per heavy atom. The van der Waals surface area contributed by atoms with Crippen molar-refractivity contribution < 1.29 is 14.7 Å². The van der Waals surface area contributed by atoms with Gasteiger partial charge in [0.15, 0.2) is 0 Å². The zero-order valence-electron chi connectivity index (χ0n) is 10.5. The molecule has 2 aromatic rings. The van der Waals surface area contributed by atoms with Crippen molar-refractivity contribution in [1.29, 1.82) is 0 Å². The van der Waals surface area contributed by atoms with Crippen molar-refractivity contribution in [2.45, 2.75) is 6.42 Å². The van der Waals surface area contributed by atoms with E-state index in [4.69, 9.17) is 5.11 Å². The molecular weight excluding hydrogens is 258 g/mol. The average Bonchev–Trinajstić information content (AvgIpc) is 3.07. The molecule has 0 unspecified atom stereocenters. The molecule has 1 aliphatic rings. The molecule has 1 aromatic carbocycles. The number of carbonyl (C=O) groups is 2. The number of hydrogen-bond acceptors (Lipinski definition) is 3. The predicted octanol–water partition coefficient (Wildman–Crippen LogP) is 1.74. The van der Waals surface area contributed by atoms with Gasteiger partial charge < -0.3 is 15.4 Å². The van der Waals surface area contributed by atoms with E-state index in [1.54, 1.807) is 24.7 Å². The van der Waals surface area contributed by atoms with E-state index < -0.39 is 17.8 Å². The summed E-state index contributed by atoms with van der Waals surface area (Å²) in [6, 6.07) is 7.30. The van der Waals surface area contributed by atoms with Gasteiger partial charge in [0.05, 0.1) is 30.1 Å². The molecule has 0 saturated heterocycles. The van der Waals surface area contributed by atoms with Crippen LogP contribution >= 0.6 is 0 Å². The summed E-state index contributed by atoms with van der Waals surface area (Å²) in [5.74, 6) is -2.06. The number of aromatic nitrogens is 2. The third-order valence-electron chi connectivity index (χ3n) is 3.41. The predicted molar refractivity (Wildman–Crippen MR) is 71.9 cm³/mol. The summed E-state index contributed by atoms with van der Waals surface area (Å²) in [7, 11) is 0. The minimum absolute atomic E-state index is 0.230. The van der Waals surface area contributed by atoms with E-state index in [0.29, 0.717) is 12.1 Å². The molecule has 1 heterocycles. The molecule has 6 nitrogen and oxygen atoms in total. The molecule has 0 radical (unpaired) electrons. The van der Waals surface area contributed by atoms with Crippen molar-refractivity contribution in [3.05, 3.63) is 36.8 Å². The first-order chi connectivity index (χ1) is 9.65. The summed E-state index contributed by atoms with van der Waals surface area (Å²) < 4.78 is 0. The molecule has 1 saturated carbocycles. The summed E-state index contributed by atoms with van der Waals surface area (Å²) in [4.78, 5) is 29.5. The van der Waals surface area contributed by atoms with Gasteiger partial charge in [0.25, 0.3) is 0 Å². The Hall–Kier alpha value is -2.63. The second kappa shape index (κ2) is 4.80. The normalized spacial score (nSPS) is 20.4. The Morgan fingerprint density at radius 2 is 2.00 bits per heavy atom. The fourth-order valence-corrected chi connectivity index (χ4v) is 2.14. The molecule has 6 heteroatoms. The molecular formula is C14H13N3O3. The van der Waals surface area contributed by atoms with E-state index in [9.17, 15) is 9.59 Å². The number of aliphatic carboxylic acids is 1. The van der Waals surface area contributed by atoms with E-state index in [1.807, 2.05) is 12.1 Å². The van der Waals surface area contributed by atoms with Gasteiger partial charge in [0.2, 0.25) is 5.91 Å². The maximum atomic E-state index is 11.8. The van der Waals surface area contributed by atoms with Gasteiger partial charge in [-0.3, -0.25) is 9.59 Å². The number of carboxylic acids is 1. The van der Waals surface area contributed by atoms with Crippen LogP contribution < -0.4 is 5.32 Å². The molecule has 3 rings (SSSR count). The molecule has 0 aliphatic heterocycles. The van der Waals surface area contributed by atoms with Crippen LogP contribution in [0.3, 0.4) is 0 Å². The highest BCUT2D eigenvalue weighted by Gasteiger charge is 2.48. The number of H-pyrrole nitrogens is 1. The molecule has 1 amide bonds. The fraction of sp³-hybridized carbons (Fsp3) is 0.214. The number of aromatic amines is 1. The van der Waals surface area contributed by atoms with Crippen molar-refractivity contribution in [2.24, 2.45) is 11.8 Å². The first-order valence-electron chi connectivity index (χ1n) is 6.27. The Morgan fingerprint density at radius 1 is 1.25 bits per heavy atom. The van der Waals surface area contributed by atoms with Crippen LogP contribution in [-0.4, -0.2) is 27.0 Å². The molecule has 1 aromatic heterocycles. The molecule has 3 N–H and O–H groups in total. The number of hydrogen-bond donors (Lipinski definition) is 3. The summed E-state index contributed by atoms with van der Waals surface area (Å²) in [6.07, 6.45) is 3.74. The molecule has 0 spiro atoms. The van der Waals surface area contributed by atoms with Gasteiger partial charge in [-0.25, -0.2) is 4.98 Å². The van der Waals surface area contributed by atoms with Gasteiger partial charge >= 0.3 is 5.97 Å². The monoisotopic (exact) mass is 271 g/mol. The van der Waals surface area contributed by atoms with Crippen LogP contribution in [0.2, 0.25) is 0 Å². The SMILES string of the molecule is O=C(O)[C@H]1C[C@H]1C(=O)Nc1ccc(-c2cnc[nH]2)cc1. The van der Waals surface area contributed by atoms with Gasteiger partial charge in [-0.1, -0.05) is 12.1 Å². The smallest absolute Gasteiger partial charge is 0.307 e.